The SMILES string of the molecule is COc1cc(C(=O)OC(=O)CC[C@H](C)[C@@H]2CC[C@@H]3[C@H]4CC[C@H]5C[C@@H](O)CC[C@]5(C)[C@@H]4C[C@@H](O)[C@]32C)cc(OC)c1OC. The maximum absolute atomic E-state index is 12.8. The maximum Gasteiger partial charge on any atom is 0.346 e. The van der Waals surface area contributed by atoms with Gasteiger partial charge in [-0.05, 0) is 116 Å². The van der Waals surface area contributed by atoms with Crippen molar-refractivity contribution in [3.63, 3.8) is 0 Å². The van der Waals surface area contributed by atoms with Crippen LogP contribution in [0.1, 0.15) is 95.3 Å². The topological polar surface area (TPSA) is 112 Å². The van der Waals surface area contributed by atoms with E-state index >= 15 is 0 Å². The van der Waals surface area contributed by atoms with E-state index in [1.165, 1.54) is 46.3 Å². The maximum atomic E-state index is 12.8. The van der Waals surface area contributed by atoms with Crippen LogP contribution in [0.3, 0.4) is 0 Å². The summed E-state index contributed by atoms with van der Waals surface area (Å²) in [6.45, 7) is 6.93. The highest BCUT2D eigenvalue weighted by atomic mass is 16.6. The number of rotatable bonds is 8. The van der Waals surface area contributed by atoms with Gasteiger partial charge in [0.05, 0.1) is 39.1 Å². The quantitative estimate of drug-likeness (QED) is 0.290. The van der Waals surface area contributed by atoms with Crippen LogP contribution in [-0.4, -0.2) is 55.7 Å². The smallest absolute Gasteiger partial charge is 0.346 e. The minimum absolute atomic E-state index is 0.138. The third kappa shape index (κ3) is 5.21. The van der Waals surface area contributed by atoms with Gasteiger partial charge in [-0.15, -0.1) is 0 Å². The Kier molecular flexibility index (Phi) is 8.88. The van der Waals surface area contributed by atoms with E-state index in [4.69, 9.17) is 18.9 Å². The molecule has 234 valence electrons. The Morgan fingerprint density at radius 3 is 2.26 bits per heavy atom. The number of esters is 2. The number of aliphatic hydroxyl groups is 2. The average Bonchev–Trinajstić information content (AvgIpc) is 3.34. The first-order valence-electron chi connectivity index (χ1n) is 15.9. The van der Waals surface area contributed by atoms with Crippen molar-refractivity contribution in [3.8, 4) is 17.2 Å². The summed E-state index contributed by atoms with van der Waals surface area (Å²) < 4.78 is 21.1. The normalized spacial score (nSPS) is 38.0. The number of methoxy groups -OCH3 is 3. The lowest BCUT2D eigenvalue weighted by molar-refractivity contribution is -0.175. The van der Waals surface area contributed by atoms with Crippen molar-refractivity contribution in [3.05, 3.63) is 17.7 Å². The second-order valence-electron chi connectivity index (χ2n) is 14.1. The molecular formula is C34H50O8. The Balaban J connectivity index is 1.22. The fourth-order valence-electron chi connectivity index (χ4n) is 10.1. The van der Waals surface area contributed by atoms with E-state index in [1.807, 2.05) is 0 Å². The van der Waals surface area contributed by atoms with Crippen LogP contribution in [0.15, 0.2) is 12.1 Å². The summed E-state index contributed by atoms with van der Waals surface area (Å²) in [7, 11) is 4.40. The molecule has 5 rings (SSSR count). The van der Waals surface area contributed by atoms with E-state index in [2.05, 4.69) is 20.8 Å². The van der Waals surface area contributed by atoms with Crippen molar-refractivity contribution in [2.75, 3.05) is 21.3 Å². The molecule has 4 aliphatic rings. The molecule has 0 saturated heterocycles. The van der Waals surface area contributed by atoms with Gasteiger partial charge in [-0.25, -0.2) is 4.79 Å². The van der Waals surface area contributed by atoms with E-state index in [9.17, 15) is 19.8 Å². The minimum atomic E-state index is -0.757. The van der Waals surface area contributed by atoms with Gasteiger partial charge in [0, 0.05) is 6.42 Å². The molecule has 8 nitrogen and oxygen atoms in total. The van der Waals surface area contributed by atoms with E-state index in [0.29, 0.717) is 53.3 Å². The number of hydrogen-bond donors (Lipinski definition) is 2. The molecule has 10 atom stereocenters. The molecule has 0 spiro atoms. The molecule has 4 saturated carbocycles. The van der Waals surface area contributed by atoms with Gasteiger partial charge in [-0.2, -0.15) is 0 Å². The Hall–Kier alpha value is -2.32. The molecule has 4 aliphatic carbocycles. The number of carbonyl (C=O) groups excluding carboxylic acids is 2. The Morgan fingerprint density at radius 2 is 1.62 bits per heavy atom. The first-order chi connectivity index (χ1) is 20.0. The van der Waals surface area contributed by atoms with Crippen LogP contribution in [-0.2, 0) is 9.53 Å². The molecule has 0 aromatic heterocycles. The zero-order valence-corrected chi connectivity index (χ0v) is 26.2. The standard InChI is InChI=1S/C34H50O8/c1-19(7-12-30(37)42-32(38)20-15-27(39-4)31(41-6)28(16-20)40-5)24-10-11-25-23-9-8-21-17-22(35)13-14-33(21,2)26(23)18-29(36)34(24,25)3/h15-16,19,21-26,29,35-36H,7-14,17-18H2,1-6H3/t19-,21-,22-,23+,24-,25+,26+,29+,33-,34-/m0/s1. The number of aliphatic hydroxyl groups excluding tert-OH is 2. The number of ether oxygens (including phenoxy) is 4. The molecule has 0 heterocycles. The number of fused-ring (bicyclic) bond motifs is 5. The third-order valence-electron chi connectivity index (χ3n) is 12.4. The van der Waals surface area contributed by atoms with Crippen molar-refractivity contribution in [2.45, 2.75) is 97.2 Å². The van der Waals surface area contributed by atoms with Crippen molar-refractivity contribution in [1.29, 1.82) is 0 Å². The number of carbonyl (C=O) groups is 2. The molecular weight excluding hydrogens is 536 g/mol. The van der Waals surface area contributed by atoms with Crippen LogP contribution in [0.5, 0.6) is 17.2 Å². The largest absolute Gasteiger partial charge is 0.493 e. The van der Waals surface area contributed by atoms with Crippen molar-refractivity contribution in [1.82, 2.24) is 0 Å². The van der Waals surface area contributed by atoms with E-state index < -0.39 is 11.9 Å². The molecule has 1 aromatic carbocycles. The summed E-state index contributed by atoms with van der Waals surface area (Å²) in [5, 5.41) is 22.1. The van der Waals surface area contributed by atoms with Gasteiger partial charge in [0.1, 0.15) is 0 Å². The highest BCUT2D eigenvalue weighted by Crippen LogP contribution is 2.68. The average molecular weight is 587 g/mol. The zero-order valence-electron chi connectivity index (χ0n) is 26.2. The molecule has 8 heteroatoms. The van der Waals surface area contributed by atoms with Crippen LogP contribution in [0.2, 0.25) is 0 Å². The van der Waals surface area contributed by atoms with Crippen molar-refractivity contribution in [2.24, 2.45) is 46.3 Å². The molecule has 0 bridgehead atoms. The summed E-state index contributed by atoms with van der Waals surface area (Å²) >= 11 is 0. The van der Waals surface area contributed by atoms with Crippen LogP contribution in [0.4, 0.5) is 0 Å². The van der Waals surface area contributed by atoms with Gasteiger partial charge in [0.2, 0.25) is 5.75 Å². The van der Waals surface area contributed by atoms with Crippen LogP contribution < -0.4 is 14.2 Å². The predicted octanol–water partition coefficient (Wildman–Crippen LogP) is 5.80. The number of benzene rings is 1. The highest BCUT2D eigenvalue weighted by Gasteiger charge is 2.63. The van der Waals surface area contributed by atoms with Crippen molar-refractivity contribution < 1.29 is 38.7 Å². The predicted molar refractivity (Wildman–Crippen MR) is 158 cm³/mol. The molecule has 42 heavy (non-hydrogen) atoms. The lowest BCUT2D eigenvalue weighted by Crippen LogP contribution is -2.58. The summed E-state index contributed by atoms with van der Waals surface area (Å²) in [4.78, 5) is 25.6. The van der Waals surface area contributed by atoms with Crippen molar-refractivity contribution >= 4 is 11.9 Å². The second kappa shape index (κ2) is 12.0. The zero-order chi connectivity index (χ0) is 30.4. The van der Waals surface area contributed by atoms with E-state index in [-0.39, 0.29) is 40.9 Å². The lowest BCUT2D eigenvalue weighted by Gasteiger charge is -2.62. The first-order valence-corrected chi connectivity index (χ1v) is 15.9. The van der Waals surface area contributed by atoms with Gasteiger partial charge >= 0.3 is 11.9 Å². The van der Waals surface area contributed by atoms with Gasteiger partial charge in [-0.1, -0.05) is 20.8 Å². The Bertz CT molecular complexity index is 1140. The van der Waals surface area contributed by atoms with Crippen LogP contribution in [0, 0.1) is 46.3 Å². The summed E-state index contributed by atoms with van der Waals surface area (Å²) in [5.74, 6) is 2.37. The van der Waals surface area contributed by atoms with Crippen LogP contribution >= 0.6 is 0 Å². The molecule has 0 radical (unpaired) electrons. The lowest BCUT2D eigenvalue weighted by atomic mass is 9.43. The molecule has 0 aliphatic heterocycles. The van der Waals surface area contributed by atoms with Gasteiger partial charge in [0.25, 0.3) is 0 Å². The highest BCUT2D eigenvalue weighted by molar-refractivity contribution is 5.97. The minimum Gasteiger partial charge on any atom is -0.493 e. The van der Waals surface area contributed by atoms with E-state index in [1.54, 1.807) is 0 Å². The molecule has 2 N–H and O–H groups in total. The van der Waals surface area contributed by atoms with Gasteiger partial charge in [0.15, 0.2) is 11.5 Å². The third-order valence-corrected chi connectivity index (χ3v) is 12.4. The summed E-state index contributed by atoms with van der Waals surface area (Å²) in [6.07, 6.45) is 8.46. The Labute approximate surface area is 250 Å². The first kappa shape index (κ1) is 31.1. The monoisotopic (exact) mass is 586 g/mol. The van der Waals surface area contributed by atoms with E-state index in [0.717, 1.165) is 38.5 Å². The Morgan fingerprint density at radius 1 is 0.929 bits per heavy atom. The summed E-state index contributed by atoms with van der Waals surface area (Å²) in [6, 6.07) is 2.94. The van der Waals surface area contributed by atoms with Gasteiger partial charge < -0.3 is 29.2 Å². The molecule has 4 fully saturated rings. The summed E-state index contributed by atoms with van der Waals surface area (Å²) in [5.41, 5.74) is 0.184. The fraction of sp³-hybridized carbons (Fsp3) is 0.765. The second-order valence-corrected chi connectivity index (χ2v) is 14.1. The molecule has 0 unspecified atom stereocenters. The fourth-order valence-corrected chi connectivity index (χ4v) is 10.1. The number of hydrogen-bond acceptors (Lipinski definition) is 8. The van der Waals surface area contributed by atoms with Crippen LogP contribution in [0.25, 0.3) is 0 Å². The van der Waals surface area contributed by atoms with Gasteiger partial charge in [-0.3, -0.25) is 4.79 Å². The molecule has 0 amide bonds. The molecule has 1 aromatic rings.